The molecule has 18 heavy (non-hydrogen) atoms. The fourth-order valence-corrected chi connectivity index (χ4v) is 3.29. The predicted molar refractivity (Wildman–Crippen MR) is 73.9 cm³/mol. The van der Waals surface area contributed by atoms with E-state index >= 15 is 0 Å². The van der Waals surface area contributed by atoms with Crippen molar-refractivity contribution in [3.05, 3.63) is 23.8 Å². The standard InChI is InChI=1S/C13H18N2O2S/c1-8-11(5-6-17-8)18-12-7-9(14)3-4-10(12)13(16)15-2/h3-4,7-8,11H,5-6,14H2,1-2H3,(H,15,16). The largest absolute Gasteiger partial charge is 0.399 e. The average Bonchev–Trinajstić information content (AvgIpc) is 2.74. The lowest BCUT2D eigenvalue weighted by Crippen LogP contribution is -2.20. The SMILES string of the molecule is CNC(=O)c1ccc(N)cc1SC1CCOC1C. The minimum absolute atomic E-state index is 0.0796. The van der Waals surface area contributed by atoms with E-state index in [1.165, 1.54) is 0 Å². The molecule has 2 atom stereocenters. The van der Waals surface area contributed by atoms with Crippen LogP contribution in [0.2, 0.25) is 0 Å². The first-order valence-electron chi connectivity index (χ1n) is 6.01. The smallest absolute Gasteiger partial charge is 0.252 e. The molecule has 0 saturated carbocycles. The highest BCUT2D eigenvalue weighted by Gasteiger charge is 2.26. The number of carbonyl (C=O) groups excluding carboxylic acids is 1. The summed E-state index contributed by atoms with van der Waals surface area (Å²) in [6.45, 7) is 2.85. The van der Waals surface area contributed by atoms with Gasteiger partial charge in [-0.1, -0.05) is 0 Å². The van der Waals surface area contributed by atoms with Crippen molar-refractivity contribution in [2.75, 3.05) is 19.4 Å². The number of nitrogens with two attached hydrogens (primary N) is 1. The summed E-state index contributed by atoms with van der Waals surface area (Å²) >= 11 is 1.68. The highest BCUT2D eigenvalue weighted by Crippen LogP contribution is 2.35. The molecular weight excluding hydrogens is 248 g/mol. The number of anilines is 1. The van der Waals surface area contributed by atoms with Crippen LogP contribution in [0.4, 0.5) is 5.69 Å². The molecule has 1 amide bonds. The molecule has 1 fully saturated rings. The molecule has 4 nitrogen and oxygen atoms in total. The van der Waals surface area contributed by atoms with Gasteiger partial charge in [0, 0.05) is 29.5 Å². The van der Waals surface area contributed by atoms with Gasteiger partial charge < -0.3 is 15.8 Å². The van der Waals surface area contributed by atoms with Gasteiger partial charge in [-0.05, 0) is 31.5 Å². The number of thioether (sulfide) groups is 1. The van der Waals surface area contributed by atoms with Gasteiger partial charge in [0.25, 0.3) is 5.91 Å². The minimum Gasteiger partial charge on any atom is -0.399 e. The summed E-state index contributed by atoms with van der Waals surface area (Å²) in [5, 5.41) is 3.04. The minimum atomic E-state index is -0.0796. The normalized spacial score (nSPS) is 23.0. The van der Waals surface area contributed by atoms with Gasteiger partial charge in [0.15, 0.2) is 0 Å². The zero-order valence-corrected chi connectivity index (χ0v) is 11.4. The summed E-state index contributed by atoms with van der Waals surface area (Å²) in [7, 11) is 1.63. The second-order valence-corrected chi connectivity index (χ2v) is 5.64. The Balaban J connectivity index is 2.24. The number of carbonyl (C=O) groups is 1. The molecule has 1 aromatic carbocycles. The highest BCUT2D eigenvalue weighted by atomic mass is 32.2. The molecule has 0 bridgehead atoms. The van der Waals surface area contributed by atoms with Crippen LogP contribution in [0.1, 0.15) is 23.7 Å². The van der Waals surface area contributed by atoms with Crippen molar-refractivity contribution >= 4 is 23.4 Å². The van der Waals surface area contributed by atoms with Crippen LogP contribution in [0.15, 0.2) is 23.1 Å². The van der Waals surface area contributed by atoms with Gasteiger partial charge in [0.1, 0.15) is 0 Å². The topological polar surface area (TPSA) is 64.4 Å². The van der Waals surface area contributed by atoms with E-state index in [1.807, 2.05) is 6.07 Å². The highest BCUT2D eigenvalue weighted by molar-refractivity contribution is 8.00. The summed E-state index contributed by atoms with van der Waals surface area (Å²) in [4.78, 5) is 12.7. The molecule has 0 aliphatic carbocycles. The number of rotatable bonds is 3. The van der Waals surface area contributed by atoms with Crippen LogP contribution in [0, 0.1) is 0 Å². The molecule has 5 heteroatoms. The van der Waals surface area contributed by atoms with Crippen LogP contribution in [0.5, 0.6) is 0 Å². The molecule has 1 aliphatic rings. The Morgan fingerprint density at radius 1 is 1.56 bits per heavy atom. The van der Waals surface area contributed by atoms with Crippen molar-refractivity contribution in [3.8, 4) is 0 Å². The molecule has 1 heterocycles. The number of amides is 1. The Hall–Kier alpha value is -1.20. The lowest BCUT2D eigenvalue weighted by atomic mass is 10.2. The monoisotopic (exact) mass is 266 g/mol. The zero-order chi connectivity index (χ0) is 13.1. The zero-order valence-electron chi connectivity index (χ0n) is 10.6. The second kappa shape index (κ2) is 5.63. The number of ether oxygens (including phenoxy) is 1. The summed E-state index contributed by atoms with van der Waals surface area (Å²) in [5.74, 6) is -0.0796. The van der Waals surface area contributed by atoms with Crippen LogP contribution < -0.4 is 11.1 Å². The number of hydrogen-bond acceptors (Lipinski definition) is 4. The molecule has 3 N–H and O–H groups in total. The first-order chi connectivity index (χ1) is 8.61. The Morgan fingerprint density at radius 2 is 2.33 bits per heavy atom. The van der Waals surface area contributed by atoms with Crippen LogP contribution in [-0.4, -0.2) is 30.9 Å². The van der Waals surface area contributed by atoms with E-state index in [0.29, 0.717) is 16.5 Å². The third-order valence-electron chi connectivity index (χ3n) is 3.06. The van der Waals surface area contributed by atoms with Crippen molar-refractivity contribution in [2.45, 2.75) is 29.6 Å². The van der Waals surface area contributed by atoms with Crippen molar-refractivity contribution in [1.29, 1.82) is 0 Å². The third kappa shape index (κ3) is 2.79. The van der Waals surface area contributed by atoms with E-state index in [2.05, 4.69) is 12.2 Å². The Kier molecular flexibility index (Phi) is 4.14. The Labute approximate surface area is 111 Å². The molecule has 0 radical (unpaired) electrons. The fraction of sp³-hybridized carbons (Fsp3) is 0.462. The summed E-state index contributed by atoms with van der Waals surface area (Å²) < 4.78 is 5.54. The van der Waals surface area contributed by atoms with Gasteiger partial charge in [-0.3, -0.25) is 4.79 Å². The van der Waals surface area contributed by atoms with Crippen LogP contribution in [0.25, 0.3) is 0 Å². The summed E-state index contributed by atoms with van der Waals surface area (Å²) in [5.41, 5.74) is 7.16. The molecular formula is C13H18N2O2S. The summed E-state index contributed by atoms with van der Waals surface area (Å²) in [6.07, 6.45) is 1.22. The summed E-state index contributed by atoms with van der Waals surface area (Å²) in [6, 6.07) is 5.39. The van der Waals surface area contributed by atoms with Crippen molar-refractivity contribution in [1.82, 2.24) is 5.32 Å². The van der Waals surface area contributed by atoms with Crippen LogP contribution >= 0.6 is 11.8 Å². The maximum Gasteiger partial charge on any atom is 0.252 e. The molecule has 1 aromatic rings. The van der Waals surface area contributed by atoms with E-state index in [9.17, 15) is 4.79 Å². The van der Waals surface area contributed by atoms with E-state index in [4.69, 9.17) is 10.5 Å². The molecule has 1 saturated heterocycles. The lowest BCUT2D eigenvalue weighted by Gasteiger charge is -2.16. The number of nitrogen functional groups attached to an aromatic ring is 1. The quantitative estimate of drug-likeness (QED) is 0.820. The molecule has 98 valence electrons. The van der Waals surface area contributed by atoms with Gasteiger partial charge in [-0.15, -0.1) is 11.8 Å². The molecule has 2 unspecified atom stereocenters. The molecule has 0 aromatic heterocycles. The predicted octanol–water partition coefficient (Wildman–Crippen LogP) is 1.90. The molecule has 0 spiro atoms. The van der Waals surface area contributed by atoms with E-state index in [-0.39, 0.29) is 12.0 Å². The third-order valence-corrected chi connectivity index (χ3v) is 4.58. The average molecular weight is 266 g/mol. The Bertz CT molecular complexity index is 451. The maximum atomic E-state index is 11.8. The first-order valence-corrected chi connectivity index (χ1v) is 6.89. The van der Waals surface area contributed by atoms with Crippen molar-refractivity contribution < 1.29 is 9.53 Å². The number of nitrogens with one attached hydrogen (secondary N) is 1. The second-order valence-electron chi connectivity index (χ2n) is 4.36. The van der Waals surface area contributed by atoms with Gasteiger partial charge in [-0.25, -0.2) is 0 Å². The maximum absolute atomic E-state index is 11.8. The van der Waals surface area contributed by atoms with E-state index < -0.39 is 0 Å². The van der Waals surface area contributed by atoms with Gasteiger partial charge in [0.05, 0.1) is 11.7 Å². The lowest BCUT2D eigenvalue weighted by molar-refractivity contribution is 0.0960. The molecule has 1 aliphatic heterocycles. The fourth-order valence-electron chi connectivity index (χ4n) is 1.99. The molecule has 2 rings (SSSR count). The number of benzene rings is 1. The van der Waals surface area contributed by atoms with Crippen LogP contribution in [0.3, 0.4) is 0 Å². The number of hydrogen-bond donors (Lipinski definition) is 2. The van der Waals surface area contributed by atoms with Crippen molar-refractivity contribution in [3.63, 3.8) is 0 Å². The van der Waals surface area contributed by atoms with Crippen LogP contribution in [-0.2, 0) is 4.74 Å². The Morgan fingerprint density at radius 3 is 2.94 bits per heavy atom. The van der Waals surface area contributed by atoms with E-state index in [1.54, 1.807) is 30.9 Å². The van der Waals surface area contributed by atoms with E-state index in [0.717, 1.165) is 17.9 Å². The van der Waals surface area contributed by atoms with Gasteiger partial charge in [0.2, 0.25) is 0 Å². The van der Waals surface area contributed by atoms with Crippen molar-refractivity contribution in [2.24, 2.45) is 0 Å². The first kappa shape index (κ1) is 13.2. The van der Waals surface area contributed by atoms with Gasteiger partial charge in [-0.2, -0.15) is 0 Å². The van der Waals surface area contributed by atoms with Gasteiger partial charge >= 0.3 is 0 Å².